The van der Waals surface area contributed by atoms with Crippen molar-refractivity contribution >= 4 is 17.7 Å². The highest BCUT2D eigenvalue weighted by Gasteiger charge is 2.37. The van der Waals surface area contributed by atoms with Gasteiger partial charge in [0.05, 0.1) is 5.25 Å². The minimum atomic E-state index is -0.174. The Hall–Kier alpha value is -1.82. The lowest BCUT2D eigenvalue weighted by molar-refractivity contribution is -0.120. The average molecular weight is 371 g/mol. The van der Waals surface area contributed by atoms with E-state index in [1.807, 2.05) is 25.1 Å². The van der Waals surface area contributed by atoms with Crippen LogP contribution in [-0.4, -0.2) is 32.5 Å². The highest BCUT2D eigenvalue weighted by molar-refractivity contribution is 8.00. The Kier molecular flexibility index (Phi) is 5.02. The summed E-state index contributed by atoms with van der Waals surface area (Å²) in [7, 11) is 0. The molecular formula is C20H26N4OS. The standard InChI is InChI=1S/C20H26N4OS/c1-13(15-6-4-3-5-7-15)12-21-19(25)14(2)26-20-23-22-18(16-8-9-16)24(20)17-10-11-17/h3-7,13-14,16-17H,8-12H2,1-2H3,(H,21,25). The molecule has 0 saturated heterocycles. The number of nitrogens with one attached hydrogen (secondary N) is 1. The van der Waals surface area contributed by atoms with E-state index in [1.165, 1.54) is 43.0 Å². The normalized spacial score (nSPS) is 19.2. The summed E-state index contributed by atoms with van der Waals surface area (Å²) in [5.74, 6) is 2.10. The van der Waals surface area contributed by atoms with Crippen LogP contribution in [0.4, 0.5) is 0 Å². The zero-order chi connectivity index (χ0) is 18.1. The molecule has 4 rings (SSSR count). The highest BCUT2D eigenvalue weighted by Crippen LogP contribution is 2.46. The maximum absolute atomic E-state index is 12.5. The summed E-state index contributed by atoms with van der Waals surface area (Å²) < 4.78 is 2.30. The fraction of sp³-hybridized carbons (Fsp3) is 0.550. The van der Waals surface area contributed by atoms with Gasteiger partial charge in [-0.05, 0) is 44.1 Å². The molecule has 5 nitrogen and oxygen atoms in total. The first-order valence-electron chi connectivity index (χ1n) is 9.57. The van der Waals surface area contributed by atoms with Crippen LogP contribution in [0, 0.1) is 0 Å². The van der Waals surface area contributed by atoms with Gasteiger partial charge in [0, 0.05) is 18.5 Å². The number of carbonyl (C=O) groups excluding carboxylic acids is 1. The molecule has 2 aliphatic carbocycles. The van der Waals surface area contributed by atoms with Crippen LogP contribution >= 0.6 is 11.8 Å². The van der Waals surface area contributed by atoms with Crippen LogP contribution in [0.5, 0.6) is 0 Å². The van der Waals surface area contributed by atoms with Gasteiger partial charge >= 0.3 is 0 Å². The van der Waals surface area contributed by atoms with Crippen LogP contribution in [0.1, 0.15) is 68.8 Å². The zero-order valence-corrected chi connectivity index (χ0v) is 16.2. The van der Waals surface area contributed by atoms with Crippen molar-refractivity contribution in [1.82, 2.24) is 20.1 Å². The summed E-state index contributed by atoms with van der Waals surface area (Å²) in [6.07, 6.45) is 4.87. The van der Waals surface area contributed by atoms with Gasteiger partial charge in [-0.3, -0.25) is 4.79 Å². The maximum atomic E-state index is 12.5. The maximum Gasteiger partial charge on any atom is 0.233 e. The number of hydrogen-bond acceptors (Lipinski definition) is 4. The van der Waals surface area contributed by atoms with E-state index in [2.05, 4.69) is 39.1 Å². The van der Waals surface area contributed by atoms with Gasteiger partial charge in [0.15, 0.2) is 5.16 Å². The third-order valence-electron chi connectivity index (χ3n) is 5.15. The molecule has 1 amide bonds. The lowest BCUT2D eigenvalue weighted by Crippen LogP contribution is -2.33. The predicted molar refractivity (Wildman–Crippen MR) is 103 cm³/mol. The number of thioether (sulfide) groups is 1. The van der Waals surface area contributed by atoms with Gasteiger partial charge < -0.3 is 9.88 Å². The third kappa shape index (κ3) is 3.95. The van der Waals surface area contributed by atoms with Crippen molar-refractivity contribution in [3.63, 3.8) is 0 Å². The molecule has 1 N–H and O–H groups in total. The van der Waals surface area contributed by atoms with Gasteiger partial charge in [0.2, 0.25) is 5.91 Å². The topological polar surface area (TPSA) is 59.8 Å². The smallest absolute Gasteiger partial charge is 0.233 e. The summed E-state index contributed by atoms with van der Waals surface area (Å²) in [4.78, 5) is 12.5. The molecule has 2 aliphatic rings. The summed E-state index contributed by atoms with van der Waals surface area (Å²) in [6, 6.07) is 10.8. The van der Waals surface area contributed by atoms with Gasteiger partial charge in [-0.1, -0.05) is 49.0 Å². The SMILES string of the molecule is CC(Sc1nnc(C2CC2)n1C1CC1)C(=O)NCC(C)c1ccccc1. The molecule has 26 heavy (non-hydrogen) atoms. The Morgan fingerprint density at radius 3 is 2.58 bits per heavy atom. The first kappa shape index (κ1) is 17.6. The van der Waals surface area contributed by atoms with Crippen molar-refractivity contribution < 1.29 is 4.79 Å². The number of nitrogens with zero attached hydrogens (tertiary/aromatic N) is 3. The molecule has 1 heterocycles. The molecule has 138 valence electrons. The summed E-state index contributed by atoms with van der Waals surface area (Å²) in [6.45, 7) is 4.74. The number of benzene rings is 1. The summed E-state index contributed by atoms with van der Waals surface area (Å²) in [5, 5.41) is 12.7. The number of aromatic nitrogens is 3. The molecule has 2 atom stereocenters. The molecule has 0 radical (unpaired) electrons. The van der Waals surface area contributed by atoms with E-state index in [9.17, 15) is 4.79 Å². The first-order chi connectivity index (χ1) is 12.6. The molecule has 0 spiro atoms. The number of rotatable bonds is 8. The largest absolute Gasteiger partial charge is 0.355 e. The van der Waals surface area contributed by atoms with Gasteiger partial charge in [-0.25, -0.2) is 0 Å². The van der Waals surface area contributed by atoms with Crippen LogP contribution in [0.3, 0.4) is 0 Å². The monoisotopic (exact) mass is 370 g/mol. The van der Waals surface area contributed by atoms with Crippen molar-refractivity contribution in [2.75, 3.05) is 6.54 Å². The molecule has 6 heteroatoms. The van der Waals surface area contributed by atoms with Crippen molar-refractivity contribution in [3.8, 4) is 0 Å². The van der Waals surface area contributed by atoms with Crippen LogP contribution < -0.4 is 5.32 Å². The van der Waals surface area contributed by atoms with E-state index in [0.29, 0.717) is 24.4 Å². The van der Waals surface area contributed by atoms with E-state index in [0.717, 1.165) is 11.0 Å². The van der Waals surface area contributed by atoms with Crippen molar-refractivity contribution in [2.24, 2.45) is 0 Å². The fourth-order valence-electron chi connectivity index (χ4n) is 3.17. The Labute approximate surface area is 159 Å². The molecule has 1 aromatic carbocycles. The van der Waals surface area contributed by atoms with Crippen molar-refractivity contribution in [2.45, 2.75) is 67.8 Å². The Bertz CT molecular complexity index is 767. The van der Waals surface area contributed by atoms with Gasteiger partial charge in [0.1, 0.15) is 5.82 Å². The molecule has 2 fully saturated rings. The lowest BCUT2D eigenvalue weighted by Gasteiger charge is -2.16. The van der Waals surface area contributed by atoms with E-state index in [1.54, 1.807) is 0 Å². The van der Waals surface area contributed by atoms with Gasteiger partial charge in [-0.15, -0.1) is 10.2 Å². The minimum Gasteiger partial charge on any atom is -0.355 e. The average Bonchev–Trinajstić information content (AvgIpc) is 3.59. The van der Waals surface area contributed by atoms with E-state index in [4.69, 9.17) is 0 Å². The second-order valence-electron chi connectivity index (χ2n) is 7.53. The molecule has 2 aromatic rings. The quantitative estimate of drug-likeness (QED) is 0.716. The zero-order valence-electron chi connectivity index (χ0n) is 15.4. The second kappa shape index (κ2) is 7.43. The van der Waals surface area contributed by atoms with E-state index < -0.39 is 0 Å². The number of hydrogen-bond donors (Lipinski definition) is 1. The Balaban J connectivity index is 1.34. The van der Waals surface area contributed by atoms with E-state index >= 15 is 0 Å². The number of carbonyl (C=O) groups is 1. The summed E-state index contributed by atoms with van der Waals surface area (Å²) >= 11 is 1.54. The van der Waals surface area contributed by atoms with Crippen LogP contribution in [0.25, 0.3) is 0 Å². The Morgan fingerprint density at radius 1 is 1.19 bits per heavy atom. The molecule has 0 bridgehead atoms. The molecule has 1 aromatic heterocycles. The first-order valence-corrected chi connectivity index (χ1v) is 10.5. The molecule has 0 aliphatic heterocycles. The minimum absolute atomic E-state index is 0.0658. The second-order valence-corrected chi connectivity index (χ2v) is 8.84. The predicted octanol–water partition coefficient (Wildman–Crippen LogP) is 3.89. The highest BCUT2D eigenvalue weighted by atomic mass is 32.2. The van der Waals surface area contributed by atoms with Crippen molar-refractivity contribution in [3.05, 3.63) is 41.7 Å². The van der Waals surface area contributed by atoms with Gasteiger partial charge in [-0.2, -0.15) is 0 Å². The summed E-state index contributed by atoms with van der Waals surface area (Å²) in [5.41, 5.74) is 1.25. The molecule has 2 saturated carbocycles. The molecule has 2 unspecified atom stereocenters. The van der Waals surface area contributed by atoms with Crippen LogP contribution in [0.2, 0.25) is 0 Å². The van der Waals surface area contributed by atoms with Crippen molar-refractivity contribution in [1.29, 1.82) is 0 Å². The Morgan fingerprint density at radius 2 is 1.92 bits per heavy atom. The third-order valence-corrected chi connectivity index (χ3v) is 6.20. The van der Waals surface area contributed by atoms with E-state index in [-0.39, 0.29) is 11.2 Å². The van der Waals surface area contributed by atoms with Crippen LogP contribution in [0.15, 0.2) is 35.5 Å². The molecular weight excluding hydrogens is 344 g/mol. The van der Waals surface area contributed by atoms with Gasteiger partial charge in [0.25, 0.3) is 0 Å². The number of amides is 1. The van der Waals surface area contributed by atoms with Crippen LogP contribution in [-0.2, 0) is 4.79 Å². The lowest BCUT2D eigenvalue weighted by atomic mass is 10.0. The fourth-order valence-corrected chi connectivity index (χ4v) is 4.12.